The van der Waals surface area contributed by atoms with E-state index < -0.39 is 0 Å². The zero-order valence-electron chi connectivity index (χ0n) is 20.2. The van der Waals surface area contributed by atoms with E-state index in [-0.39, 0.29) is 18.1 Å². The van der Waals surface area contributed by atoms with Gasteiger partial charge in [0.1, 0.15) is 12.4 Å². The predicted octanol–water partition coefficient (Wildman–Crippen LogP) is 4.87. The van der Waals surface area contributed by atoms with Crippen LogP contribution in [0.5, 0.6) is 11.5 Å². The highest BCUT2D eigenvalue weighted by molar-refractivity contribution is 6.30. The maximum absolute atomic E-state index is 12.7. The fraction of sp³-hybridized carbons (Fsp3) is 0.333. The summed E-state index contributed by atoms with van der Waals surface area (Å²) in [6.07, 6.45) is 2.14. The Morgan fingerprint density at radius 2 is 1.77 bits per heavy atom. The summed E-state index contributed by atoms with van der Waals surface area (Å²) in [4.78, 5) is 19.5. The van der Waals surface area contributed by atoms with Gasteiger partial charge in [-0.25, -0.2) is 4.98 Å². The van der Waals surface area contributed by atoms with Gasteiger partial charge < -0.3 is 24.4 Å². The third kappa shape index (κ3) is 6.65. The van der Waals surface area contributed by atoms with Gasteiger partial charge in [0.25, 0.3) is 5.91 Å². The molecule has 2 aromatic carbocycles. The Hall–Kier alpha value is -3.29. The molecule has 1 saturated heterocycles. The number of nitrogens with zero attached hydrogens (tertiary/aromatic N) is 2. The first-order valence-corrected chi connectivity index (χ1v) is 12.0. The molecule has 2 atom stereocenters. The van der Waals surface area contributed by atoms with Gasteiger partial charge in [0.05, 0.1) is 19.3 Å². The van der Waals surface area contributed by atoms with E-state index in [1.807, 2.05) is 36.4 Å². The number of methoxy groups -OCH3 is 1. The third-order valence-corrected chi connectivity index (χ3v) is 5.99. The van der Waals surface area contributed by atoms with Crippen molar-refractivity contribution in [2.75, 3.05) is 25.1 Å². The molecule has 35 heavy (non-hydrogen) atoms. The van der Waals surface area contributed by atoms with E-state index in [4.69, 9.17) is 25.8 Å². The summed E-state index contributed by atoms with van der Waals surface area (Å²) in [6, 6.07) is 16.6. The maximum Gasteiger partial charge on any atom is 0.251 e. The summed E-state index contributed by atoms with van der Waals surface area (Å²) in [6.45, 7) is 6.51. The number of hydrogen-bond acceptors (Lipinski definition) is 6. The number of carbonyl (C=O) groups excluding carboxylic acids is 1. The molecule has 1 aliphatic rings. The second kappa shape index (κ2) is 11.4. The van der Waals surface area contributed by atoms with Crippen molar-refractivity contribution >= 4 is 23.3 Å². The Kier molecular flexibility index (Phi) is 8.10. The van der Waals surface area contributed by atoms with Gasteiger partial charge in [-0.1, -0.05) is 29.8 Å². The number of benzene rings is 2. The minimum Gasteiger partial charge on any atom is -0.493 e. The Balaban J connectivity index is 1.33. The van der Waals surface area contributed by atoms with Crippen LogP contribution in [0.2, 0.25) is 5.02 Å². The van der Waals surface area contributed by atoms with Crippen LogP contribution >= 0.6 is 11.6 Å². The number of aromatic nitrogens is 1. The molecule has 1 amide bonds. The molecule has 1 aromatic heterocycles. The van der Waals surface area contributed by atoms with Crippen molar-refractivity contribution in [3.05, 3.63) is 82.5 Å². The molecule has 0 bridgehead atoms. The van der Waals surface area contributed by atoms with Crippen LogP contribution in [0.3, 0.4) is 0 Å². The number of morpholine rings is 1. The first-order chi connectivity index (χ1) is 16.9. The number of rotatable bonds is 8. The zero-order valence-corrected chi connectivity index (χ0v) is 20.9. The van der Waals surface area contributed by atoms with E-state index in [1.165, 1.54) is 0 Å². The van der Waals surface area contributed by atoms with Gasteiger partial charge in [-0.15, -0.1) is 0 Å². The summed E-state index contributed by atoms with van der Waals surface area (Å²) in [5, 5.41) is 3.62. The lowest BCUT2D eigenvalue weighted by molar-refractivity contribution is -0.00546. The van der Waals surface area contributed by atoms with Crippen LogP contribution in [0.4, 0.5) is 5.82 Å². The van der Waals surface area contributed by atoms with Crippen molar-refractivity contribution in [3.8, 4) is 11.5 Å². The van der Waals surface area contributed by atoms with E-state index in [0.29, 0.717) is 35.2 Å². The van der Waals surface area contributed by atoms with Crippen molar-refractivity contribution in [1.82, 2.24) is 10.3 Å². The van der Waals surface area contributed by atoms with E-state index in [9.17, 15) is 4.79 Å². The maximum atomic E-state index is 12.7. The molecule has 2 heterocycles. The van der Waals surface area contributed by atoms with Gasteiger partial charge in [-0.2, -0.15) is 0 Å². The van der Waals surface area contributed by atoms with Crippen molar-refractivity contribution in [3.63, 3.8) is 0 Å². The van der Waals surface area contributed by atoms with E-state index in [0.717, 1.165) is 30.0 Å². The molecule has 184 valence electrons. The van der Waals surface area contributed by atoms with Gasteiger partial charge in [-0.05, 0) is 61.4 Å². The summed E-state index contributed by atoms with van der Waals surface area (Å²) in [5.74, 6) is 1.77. The van der Waals surface area contributed by atoms with Crippen molar-refractivity contribution in [1.29, 1.82) is 0 Å². The normalized spacial score (nSPS) is 17.7. The van der Waals surface area contributed by atoms with Gasteiger partial charge in [0.2, 0.25) is 0 Å². The van der Waals surface area contributed by atoms with Crippen LogP contribution in [-0.4, -0.2) is 43.3 Å². The number of ether oxygens (including phenoxy) is 3. The van der Waals surface area contributed by atoms with Crippen LogP contribution in [0.25, 0.3) is 0 Å². The molecule has 4 rings (SSSR count). The Morgan fingerprint density at radius 1 is 1.06 bits per heavy atom. The summed E-state index contributed by atoms with van der Waals surface area (Å²) in [7, 11) is 1.55. The first kappa shape index (κ1) is 24.8. The number of halogens is 1. The molecule has 1 N–H and O–H groups in total. The summed E-state index contributed by atoms with van der Waals surface area (Å²) < 4.78 is 17.1. The fourth-order valence-corrected chi connectivity index (χ4v) is 4.15. The third-order valence-electron chi connectivity index (χ3n) is 5.74. The monoisotopic (exact) mass is 495 g/mol. The number of pyridine rings is 1. The minimum atomic E-state index is -0.201. The molecular formula is C27H30ClN3O4. The minimum absolute atomic E-state index is 0.172. The molecule has 8 heteroatoms. The van der Waals surface area contributed by atoms with Crippen LogP contribution in [-0.2, 0) is 17.9 Å². The van der Waals surface area contributed by atoms with Gasteiger partial charge in [0.15, 0.2) is 11.5 Å². The smallest absolute Gasteiger partial charge is 0.251 e. The van der Waals surface area contributed by atoms with Crippen LogP contribution in [0, 0.1) is 0 Å². The van der Waals surface area contributed by atoms with Crippen molar-refractivity contribution in [2.45, 2.75) is 39.2 Å². The molecule has 0 saturated carbocycles. The molecule has 3 aromatic rings. The topological polar surface area (TPSA) is 72.9 Å². The molecular weight excluding hydrogens is 466 g/mol. The fourth-order valence-electron chi connectivity index (χ4n) is 4.03. The Bertz CT molecular complexity index is 1130. The second-order valence-electron chi connectivity index (χ2n) is 8.65. The first-order valence-electron chi connectivity index (χ1n) is 11.6. The molecule has 1 aliphatic heterocycles. The summed E-state index contributed by atoms with van der Waals surface area (Å²) in [5.41, 5.74) is 2.39. The molecule has 1 fully saturated rings. The van der Waals surface area contributed by atoms with Crippen LogP contribution in [0.1, 0.15) is 35.3 Å². The number of carbonyl (C=O) groups is 1. The highest BCUT2D eigenvalue weighted by atomic mass is 35.5. The van der Waals surface area contributed by atoms with Gasteiger partial charge >= 0.3 is 0 Å². The SMILES string of the molecule is COc1cc(C(=O)NCc2ccc(N3CC(C)OC(C)C3)nc2)ccc1OCc1ccc(Cl)cc1. The lowest BCUT2D eigenvalue weighted by Gasteiger charge is -2.36. The number of nitrogens with one attached hydrogen (secondary N) is 1. The van der Waals surface area contributed by atoms with Gasteiger partial charge in [-0.3, -0.25) is 4.79 Å². The number of amides is 1. The largest absolute Gasteiger partial charge is 0.493 e. The number of anilines is 1. The standard InChI is InChI=1S/C27H30ClN3O4/c1-18-15-31(16-19(2)35-18)26-11-6-21(13-29-26)14-30-27(32)22-7-10-24(25(12-22)33-3)34-17-20-4-8-23(28)9-5-20/h4-13,18-19H,14-17H2,1-3H3,(H,30,32). The average Bonchev–Trinajstić information content (AvgIpc) is 2.86. The average molecular weight is 496 g/mol. The highest BCUT2D eigenvalue weighted by Crippen LogP contribution is 2.29. The van der Waals surface area contributed by atoms with Crippen molar-refractivity contribution in [2.24, 2.45) is 0 Å². The van der Waals surface area contributed by atoms with Crippen LogP contribution < -0.4 is 19.7 Å². The molecule has 7 nitrogen and oxygen atoms in total. The molecule has 0 radical (unpaired) electrons. The van der Waals surface area contributed by atoms with Gasteiger partial charge in [0, 0.05) is 36.4 Å². The quantitative estimate of drug-likeness (QED) is 0.481. The van der Waals surface area contributed by atoms with E-state index in [2.05, 4.69) is 29.0 Å². The lowest BCUT2D eigenvalue weighted by atomic mass is 10.1. The predicted molar refractivity (Wildman–Crippen MR) is 136 cm³/mol. The Morgan fingerprint density at radius 3 is 2.43 bits per heavy atom. The van der Waals surface area contributed by atoms with E-state index >= 15 is 0 Å². The zero-order chi connectivity index (χ0) is 24.8. The number of hydrogen-bond donors (Lipinski definition) is 1. The molecule has 0 aliphatic carbocycles. The second-order valence-corrected chi connectivity index (χ2v) is 9.09. The Labute approximate surface area is 211 Å². The highest BCUT2D eigenvalue weighted by Gasteiger charge is 2.23. The summed E-state index contributed by atoms with van der Waals surface area (Å²) >= 11 is 5.93. The van der Waals surface area contributed by atoms with Crippen molar-refractivity contribution < 1.29 is 19.0 Å². The lowest BCUT2D eigenvalue weighted by Crippen LogP contribution is -2.45. The molecule has 2 unspecified atom stereocenters. The van der Waals surface area contributed by atoms with E-state index in [1.54, 1.807) is 31.5 Å². The van der Waals surface area contributed by atoms with Crippen LogP contribution in [0.15, 0.2) is 60.8 Å². The molecule has 0 spiro atoms.